The molecule has 17 heavy (non-hydrogen) atoms. The van der Waals surface area contributed by atoms with Gasteiger partial charge in [-0.3, -0.25) is 4.90 Å². The number of benzene rings is 1. The molecule has 94 valence electrons. The SMILES string of the molecule is Cc1cc(Cl)ccc1CN1CCCCC1CN. The van der Waals surface area contributed by atoms with Crippen LogP contribution in [0, 0.1) is 6.92 Å². The molecule has 0 aliphatic carbocycles. The van der Waals surface area contributed by atoms with Gasteiger partial charge in [-0.2, -0.15) is 0 Å². The number of nitrogens with zero attached hydrogens (tertiary/aromatic N) is 1. The lowest BCUT2D eigenvalue weighted by atomic mass is 10.00. The van der Waals surface area contributed by atoms with Crippen molar-refractivity contribution in [3.8, 4) is 0 Å². The van der Waals surface area contributed by atoms with Gasteiger partial charge < -0.3 is 5.73 Å². The molecule has 1 aromatic carbocycles. The van der Waals surface area contributed by atoms with Crippen molar-refractivity contribution in [2.45, 2.75) is 38.8 Å². The Kier molecular flexibility index (Phi) is 4.43. The highest BCUT2D eigenvalue weighted by Crippen LogP contribution is 2.22. The number of aryl methyl sites for hydroxylation is 1. The molecule has 0 radical (unpaired) electrons. The zero-order valence-electron chi connectivity index (χ0n) is 10.5. The van der Waals surface area contributed by atoms with Gasteiger partial charge in [0.2, 0.25) is 0 Å². The summed E-state index contributed by atoms with van der Waals surface area (Å²) in [6, 6.07) is 6.71. The molecule has 1 atom stereocenters. The van der Waals surface area contributed by atoms with Gasteiger partial charge in [0.15, 0.2) is 0 Å². The summed E-state index contributed by atoms with van der Waals surface area (Å²) in [5, 5.41) is 0.820. The molecule has 2 N–H and O–H groups in total. The van der Waals surface area contributed by atoms with Gasteiger partial charge in [0.25, 0.3) is 0 Å². The number of hydrogen-bond acceptors (Lipinski definition) is 2. The number of hydrogen-bond donors (Lipinski definition) is 1. The molecular formula is C14H21ClN2. The van der Waals surface area contributed by atoms with Crippen molar-refractivity contribution < 1.29 is 0 Å². The molecule has 1 heterocycles. The first-order valence-corrected chi connectivity index (χ1v) is 6.77. The molecule has 0 amide bonds. The summed E-state index contributed by atoms with van der Waals surface area (Å²) in [5.41, 5.74) is 8.49. The standard InChI is InChI=1S/C14H21ClN2/c1-11-8-13(15)6-5-12(11)10-17-7-3-2-4-14(17)9-16/h5-6,8,14H,2-4,7,9-10,16H2,1H3. The lowest BCUT2D eigenvalue weighted by Gasteiger charge is -2.35. The maximum Gasteiger partial charge on any atom is 0.0408 e. The molecule has 3 heteroatoms. The van der Waals surface area contributed by atoms with Crippen LogP contribution in [0.5, 0.6) is 0 Å². The van der Waals surface area contributed by atoms with E-state index in [1.807, 2.05) is 12.1 Å². The van der Waals surface area contributed by atoms with Crippen LogP contribution in [-0.4, -0.2) is 24.0 Å². The molecule has 0 bridgehead atoms. The van der Waals surface area contributed by atoms with Crippen LogP contribution in [0.2, 0.25) is 5.02 Å². The average molecular weight is 253 g/mol. The molecular weight excluding hydrogens is 232 g/mol. The number of rotatable bonds is 3. The number of nitrogens with two attached hydrogens (primary N) is 1. The van der Waals surface area contributed by atoms with E-state index in [1.54, 1.807) is 0 Å². The van der Waals surface area contributed by atoms with E-state index in [-0.39, 0.29) is 0 Å². The van der Waals surface area contributed by atoms with Gasteiger partial charge in [0.1, 0.15) is 0 Å². The molecule has 1 unspecified atom stereocenters. The molecule has 1 saturated heterocycles. The maximum atomic E-state index is 5.98. The van der Waals surface area contributed by atoms with Crippen LogP contribution in [0.3, 0.4) is 0 Å². The van der Waals surface area contributed by atoms with Crippen LogP contribution in [0.4, 0.5) is 0 Å². The molecule has 0 spiro atoms. The summed E-state index contributed by atoms with van der Waals surface area (Å²) in [4.78, 5) is 2.51. The quantitative estimate of drug-likeness (QED) is 0.896. The molecule has 0 saturated carbocycles. The summed E-state index contributed by atoms with van der Waals surface area (Å²) in [7, 11) is 0. The van der Waals surface area contributed by atoms with E-state index in [0.29, 0.717) is 6.04 Å². The Balaban J connectivity index is 2.08. The van der Waals surface area contributed by atoms with E-state index in [0.717, 1.165) is 18.1 Å². The number of halogens is 1. The Hall–Kier alpha value is -0.570. The zero-order valence-corrected chi connectivity index (χ0v) is 11.2. The third-order valence-electron chi connectivity index (χ3n) is 3.70. The van der Waals surface area contributed by atoms with Crippen LogP contribution < -0.4 is 5.73 Å². The Labute approximate surface area is 109 Å². The molecule has 1 aromatic rings. The first-order valence-electron chi connectivity index (χ1n) is 6.40. The van der Waals surface area contributed by atoms with E-state index >= 15 is 0 Å². The predicted molar refractivity (Wildman–Crippen MR) is 73.3 cm³/mol. The Morgan fingerprint density at radius 2 is 2.24 bits per heavy atom. The fourth-order valence-electron chi connectivity index (χ4n) is 2.59. The second-order valence-corrected chi connectivity index (χ2v) is 5.36. The van der Waals surface area contributed by atoms with E-state index in [1.165, 1.54) is 36.9 Å². The molecule has 2 rings (SSSR count). The molecule has 1 fully saturated rings. The smallest absolute Gasteiger partial charge is 0.0408 e. The van der Waals surface area contributed by atoms with E-state index < -0.39 is 0 Å². The van der Waals surface area contributed by atoms with Crippen molar-refractivity contribution in [3.05, 3.63) is 34.3 Å². The second-order valence-electron chi connectivity index (χ2n) is 4.93. The lowest BCUT2D eigenvalue weighted by molar-refractivity contribution is 0.144. The average Bonchev–Trinajstić information content (AvgIpc) is 2.33. The largest absolute Gasteiger partial charge is 0.329 e. The van der Waals surface area contributed by atoms with Crippen LogP contribution in [0.1, 0.15) is 30.4 Å². The van der Waals surface area contributed by atoms with Crippen molar-refractivity contribution in [2.75, 3.05) is 13.1 Å². The number of piperidine rings is 1. The van der Waals surface area contributed by atoms with Gasteiger partial charge in [-0.25, -0.2) is 0 Å². The maximum absolute atomic E-state index is 5.98. The molecule has 1 aliphatic rings. The lowest BCUT2D eigenvalue weighted by Crippen LogP contribution is -2.43. The molecule has 2 nitrogen and oxygen atoms in total. The Morgan fingerprint density at radius 3 is 2.94 bits per heavy atom. The van der Waals surface area contributed by atoms with Gasteiger partial charge in [0.05, 0.1) is 0 Å². The minimum atomic E-state index is 0.554. The van der Waals surface area contributed by atoms with Crippen molar-refractivity contribution in [3.63, 3.8) is 0 Å². The van der Waals surface area contributed by atoms with E-state index in [2.05, 4.69) is 17.9 Å². The van der Waals surface area contributed by atoms with Crippen molar-refractivity contribution >= 4 is 11.6 Å². The van der Waals surface area contributed by atoms with Gasteiger partial charge in [-0.15, -0.1) is 0 Å². The third-order valence-corrected chi connectivity index (χ3v) is 3.93. The molecule has 1 aliphatic heterocycles. The van der Waals surface area contributed by atoms with Gasteiger partial charge >= 0.3 is 0 Å². The zero-order chi connectivity index (χ0) is 12.3. The summed E-state index contributed by atoms with van der Waals surface area (Å²) >= 11 is 5.98. The van der Waals surface area contributed by atoms with Crippen molar-refractivity contribution in [1.29, 1.82) is 0 Å². The topological polar surface area (TPSA) is 29.3 Å². The first kappa shape index (κ1) is 12.9. The predicted octanol–water partition coefficient (Wildman–Crippen LogP) is 2.96. The summed E-state index contributed by atoms with van der Waals surface area (Å²) in [6.45, 7) is 5.07. The first-order chi connectivity index (χ1) is 8.20. The van der Waals surface area contributed by atoms with Gasteiger partial charge in [0, 0.05) is 24.2 Å². The van der Waals surface area contributed by atoms with E-state index in [9.17, 15) is 0 Å². The van der Waals surface area contributed by atoms with Gasteiger partial charge in [-0.1, -0.05) is 24.1 Å². The van der Waals surface area contributed by atoms with Crippen LogP contribution >= 0.6 is 11.6 Å². The summed E-state index contributed by atoms with van der Waals surface area (Å²) < 4.78 is 0. The minimum Gasteiger partial charge on any atom is -0.329 e. The fraction of sp³-hybridized carbons (Fsp3) is 0.571. The fourth-order valence-corrected chi connectivity index (χ4v) is 2.82. The second kappa shape index (κ2) is 5.85. The Morgan fingerprint density at radius 1 is 1.41 bits per heavy atom. The number of likely N-dealkylation sites (tertiary alicyclic amines) is 1. The van der Waals surface area contributed by atoms with Gasteiger partial charge in [-0.05, 0) is 49.6 Å². The van der Waals surface area contributed by atoms with Crippen molar-refractivity contribution in [2.24, 2.45) is 5.73 Å². The van der Waals surface area contributed by atoms with Crippen molar-refractivity contribution in [1.82, 2.24) is 4.90 Å². The summed E-state index contributed by atoms with van der Waals surface area (Å²) in [5.74, 6) is 0. The highest BCUT2D eigenvalue weighted by molar-refractivity contribution is 6.30. The normalized spacial score (nSPS) is 21.7. The third kappa shape index (κ3) is 3.21. The highest BCUT2D eigenvalue weighted by Gasteiger charge is 2.21. The van der Waals surface area contributed by atoms with Crippen LogP contribution in [-0.2, 0) is 6.54 Å². The molecule has 0 aromatic heterocycles. The monoisotopic (exact) mass is 252 g/mol. The minimum absolute atomic E-state index is 0.554. The van der Waals surface area contributed by atoms with Crippen LogP contribution in [0.25, 0.3) is 0 Å². The highest BCUT2D eigenvalue weighted by atomic mass is 35.5. The Bertz CT molecular complexity index is 378. The van der Waals surface area contributed by atoms with E-state index in [4.69, 9.17) is 17.3 Å². The summed E-state index contributed by atoms with van der Waals surface area (Å²) in [6.07, 6.45) is 3.85. The van der Waals surface area contributed by atoms with Crippen LogP contribution in [0.15, 0.2) is 18.2 Å².